The number of rotatable bonds is 75. The number of allylic oxidation sites excluding steroid dienone is 14. The fourth-order valence-electron chi connectivity index (χ4n) is 10.7. The summed E-state index contributed by atoms with van der Waals surface area (Å²) >= 11 is 0. The average molecular weight is 1450 g/mol. The van der Waals surface area contributed by atoms with Gasteiger partial charge in [-0.05, 0) is 148 Å². The van der Waals surface area contributed by atoms with Crippen LogP contribution in [0.1, 0.15) is 349 Å². The maximum atomic E-state index is 13.1. The number of carbonyl (C=O) groups is 4. The highest BCUT2D eigenvalue weighted by molar-refractivity contribution is 7.47. The summed E-state index contributed by atoms with van der Waals surface area (Å²) in [4.78, 5) is 73.0. The van der Waals surface area contributed by atoms with Gasteiger partial charge in [-0.1, -0.05) is 260 Å². The number of ether oxygens (including phenoxy) is 4. The predicted molar refractivity (Wildman–Crippen MR) is 409 cm³/mol. The van der Waals surface area contributed by atoms with Crippen LogP contribution in [0.15, 0.2) is 85.1 Å². The normalized spacial score (nSPS) is 14.3. The molecule has 0 heterocycles. The minimum absolute atomic E-state index is 0.0770. The van der Waals surface area contributed by atoms with Crippen LogP contribution in [0.4, 0.5) is 0 Å². The van der Waals surface area contributed by atoms with Crippen molar-refractivity contribution in [2.45, 2.75) is 367 Å². The van der Waals surface area contributed by atoms with Gasteiger partial charge >= 0.3 is 39.5 Å². The van der Waals surface area contributed by atoms with E-state index >= 15 is 0 Å². The van der Waals surface area contributed by atoms with E-state index in [0.29, 0.717) is 25.7 Å². The first-order valence-corrected chi connectivity index (χ1v) is 42.8. The Morgan fingerprint density at radius 2 is 0.490 bits per heavy atom. The van der Waals surface area contributed by atoms with Gasteiger partial charge in [-0.25, -0.2) is 9.13 Å². The summed E-state index contributed by atoms with van der Waals surface area (Å²) in [6, 6.07) is 0. The number of unbranched alkanes of at least 4 members (excludes halogenated alkanes) is 35. The highest BCUT2D eigenvalue weighted by Gasteiger charge is 2.30. The Bertz CT molecular complexity index is 2230. The third-order valence-electron chi connectivity index (χ3n) is 16.8. The van der Waals surface area contributed by atoms with Gasteiger partial charge in [0.1, 0.15) is 19.3 Å². The van der Waals surface area contributed by atoms with Crippen molar-refractivity contribution in [3.63, 3.8) is 0 Å². The highest BCUT2D eigenvalue weighted by Crippen LogP contribution is 2.45. The lowest BCUT2D eigenvalue weighted by molar-refractivity contribution is -0.161. The van der Waals surface area contributed by atoms with Crippen LogP contribution in [0.25, 0.3) is 0 Å². The maximum absolute atomic E-state index is 13.1. The van der Waals surface area contributed by atoms with E-state index in [1.54, 1.807) is 0 Å². The summed E-state index contributed by atoms with van der Waals surface area (Å²) in [7, 11) is -9.96. The third kappa shape index (κ3) is 72.6. The second-order valence-electron chi connectivity index (χ2n) is 26.6. The zero-order valence-electron chi connectivity index (χ0n) is 63.4. The fourth-order valence-corrected chi connectivity index (χ4v) is 12.2. The van der Waals surface area contributed by atoms with Gasteiger partial charge in [0.2, 0.25) is 0 Å². The number of aliphatic hydroxyl groups is 1. The fraction of sp³-hybridized carbons (Fsp3) is 0.778. The van der Waals surface area contributed by atoms with Crippen LogP contribution < -0.4 is 0 Å². The quantitative estimate of drug-likeness (QED) is 0.0169. The van der Waals surface area contributed by atoms with Gasteiger partial charge in [0.05, 0.1) is 26.4 Å². The van der Waals surface area contributed by atoms with Crippen LogP contribution in [-0.4, -0.2) is 96.7 Å². The number of esters is 4. The van der Waals surface area contributed by atoms with E-state index in [9.17, 15) is 43.2 Å². The summed E-state index contributed by atoms with van der Waals surface area (Å²) in [5.74, 6) is -2.21. The lowest BCUT2D eigenvalue weighted by Gasteiger charge is -2.21. The SMILES string of the molecule is CCCCC/C=C\C/C=C\CCCCCCCC(=O)OC[C@H](COP(=O)(O)OCC(O)COP(=O)(O)OC[C@@H](COC(=O)CCCCCCC/C=C\C/C=C\CCCCC)OC(=O)CCCCCCCCC/C=C\CCCCCC)OC(=O)CCCCCCC/C=C\C/C=C\CCCCC. The van der Waals surface area contributed by atoms with Gasteiger partial charge in [-0.15, -0.1) is 0 Å². The smallest absolute Gasteiger partial charge is 0.462 e. The second-order valence-corrected chi connectivity index (χ2v) is 29.5. The van der Waals surface area contributed by atoms with Crippen LogP contribution in [0.2, 0.25) is 0 Å². The van der Waals surface area contributed by atoms with Crippen LogP contribution in [0, 0.1) is 0 Å². The van der Waals surface area contributed by atoms with E-state index in [1.807, 2.05) is 0 Å². The Hall–Kier alpha value is -3.76. The molecule has 0 aliphatic heterocycles. The van der Waals surface area contributed by atoms with Gasteiger partial charge < -0.3 is 33.8 Å². The Kier molecular flexibility index (Phi) is 70.8. The molecule has 0 spiro atoms. The zero-order valence-corrected chi connectivity index (χ0v) is 65.2. The van der Waals surface area contributed by atoms with Gasteiger partial charge in [-0.3, -0.25) is 37.3 Å². The third-order valence-corrected chi connectivity index (χ3v) is 18.7. The monoisotopic (exact) mass is 1450 g/mol. The summed E-state index contributed by atoms with van der Waals surface area (Å²) in [6.07, 6.45) is 75.5. The van der Waals surface area contributed by atoms with Gasteiger partial charge in [0.15, 0.2) is 12.2 Å². The van der Waals surface area contributed by atoms with Crippen molar-refractivity contribution < 1.29 is 80.2 Å². The summed E-state index contributed by atoms with van der Waals surface area (Å²) in [5.41, 5.74) is 0. The molecular formula is C81H144O17P2. The summed E-state index contributed by atoms with van der Waals surface area (Å²) < 4.78 is 68.6. The molecule has 0 bridgehead atoms. The van der Waals surface area contributed by atoms with E-state index in [0.717, 1.165) is 186 Å². The number of phosphoric ester groups is 2. The molecule has 580 valence electrons. The Balaban J connectivity index is 5.38. The van der Waals surface area contributed by atoms with Crippen molar-refractivity contribution in [2.75, 3.05) is 39.6 Å². The predicted octanol–water partition coefficient (Wildman–Crippen LogP) is 23.0. The first-order valence-electron chi connectivity index (χ1n) is 39.8. The molecule has 0 fully saturated rings. The van der Waals surface area contributed by atoms with Crippen molar-refractivity contribution in [3.05, 3.63) is 85.1 Å². The minimum Gasteiger partial charge on any atom is -0.462 e. The first-order chi connectivity index (χ1) is 48.7. The molecule has 0 saturated heterocycles. The number of hydrogen-bond donors (Lipinski definition) is 3. The van der Waals surface area contributed by atoms with Gasteiger partial charge in [0.25, 0.3) is 0 Å². The summed E-state index contributed by atoms with van der Waals surface area (Å²) in [5, 5.41) is 10.6. The molecule has 17 nitrogen and oxygen atoms in total. The molecule has 3 N–H and O–H groups in total. The van der Waals surface area contributed by atoms with E-state index in [4.69, 9.17) is 37.0 Å². The van der Waals surface area contributed by atoms with E-state index in [2.05, 4.69) is 113 Å². The van der Waals surface area contributed by atoms with Gasteiger partial charge in [-0.2, -0.15) is 0 Å². The van der Waals surface area contributed by atoms with Crippen LogP contribution in [0.5, 0.6) is 0 Å². The summed E-state index contributed by atoms with van der Waals surface area (Å²) in [6.45, 7) is 4.78. The van der Waals surface area contributed by atoms with Crippen LogP contribution in [-0.2, 0) is 65.4 Å². The molecule has 100 heavy (non-hydrogen) atoms. The van der Waals surface area contributed by atoms with Gasteiger partial charge in [0, 0.05) is 25.7 Å². The lowest BCUT2D eigenvalue weighted by Crippen LogP contribution is -2.30. The molecular weight excluding hydrogens is 1310 g/mol. The second kappa shape index (κ2) is 73.5. The molecule has 0 aromatic carbocycles. The largest absolute Gasteiger partial charge is 0.472 e. The molecule has 5 atom stereocenters. The molecule has 0 amide bonds. The number of hydrogen-bond acceptors (Lipinski definition) is 15. The van der Waals surface area contributed by atoms with Crippen molar-refractivity contribution in [1.29, 1.82) is 0 Å². The molecule has 19 heteroatoms. The molecule has 0 saturated carbocycles. The first kappa shape index (κ1) is 96.2. The van der Waals surface area contributed by atoms with Crippen LogP contribution >= 0.6 is 15.6 Å². The molecule has 0 radical (unpaired) electrons. The standard InChI is InChI=1S/C81H144O17P2/c1-5-9-13-17-21-25-29-33-37-41-45-49-53-57-61-65-78(83)91-71-76(97-80(85)67-63-59-55-51-47-43-39-35-31-27-23-19-15-11-7-3)73-95-99(87,88)93-69-75(82)70-94-100(89,90)96-74-77(98-81(86)68-64-60-56-52-48-44-40-36-32-28-24-20-16-12-8-4)72-92-79(84)66-62-58-54-50-46-42-38-34-30-26-22-18-14-10-6-2/h21-23,25-28,32-35,37-39,75-77,82H,5-20,24,29-31,36,40-74H2,1-4H3,(H,87,88)(H,89,90)/b25-21-,26-22-,27-23-,32-28-,37-33-,38-34-,39-35-/t75?,76-,77-/m1/s1. The molecule has 3 unspecified atom stereocenters. The molecule has 0 rings (SSSR count). The maximum Gasteiger partial charge on any atom is 0.472 e. The van der Waals surface area contributed by atoms with Crippen molar-refractivity contribution in [1.82, 2.24) is 0 Å². The van der Waals surface area contributed by atoms with Crippen LogP contribution in [0.3, 0.4) is 0 Å². The Morgan fingerprint density at radius 1 is 0.280 bits per heavy atom. The number of carbonyl (C=O) groups excluding carboxylic acids is 4. The van der Waals surface area contributed by atoms with E-state index in [1.165, 1.54) is 83.5 Å². The minimum atomic E-state index is -4.98. The zero-order chi connectivity index (χ0) is 73.2. The average Bonchev–Trinajstić information content (AvgIpc) is 1.01. The topological polar surface area (TPSA) is 237 Å². The Morgan fingerprint density at radius 3 is 0.770 bits per heavy atom. The molecule has 0 aliphatic carbocycles. The van der Waals surface area contributed by atoms with E-state index < -0.39 is 97.5 Å². The lowest BCUT2D eigenvalue weighted by atomic mass is 10.1. The number of aliphatic hydroxyl groups excluding tert-OH is 1. The molecule has 0 aromatic rings. The van der Waals surface area contributed by atoms with E-state index in [-0.39, 0.29) is 25.7 Å². The van der Waals surface area contributed by atoms with Crippen molar-refractivity contribution >= 4 is 39.5 Å². The molecule has 0 aromatic heterocycles. The molecule has 0 aliphatic rings. The Labute approximate surface area is 608 Å². The number of phosphoric acid groups is 2. The highest BCUT2D eigenvalue weighted by atomic mass is 31.2. The van der Waals surface area contributed by atoms with Crippen molar-refractivity contribution in [2.24, 2.45) is 0 Å². The van der Waals surface area contributed by atoms with Crippen molar-refractivity contribution in [3.8, 4) is 0 Å².